The minimum absolute atomic E-state index is 0.436. The third-order valence-corrected chi connectivity index (χ3v) is 4.67. The molecule has 4 rings (SSSR count). The van der Waals surface area contributed by atoms with E-state index in [-0.39, 0.29) is 0 Å². The molecule has 24 heavy (non-hydrogen) atoms. The highest BCUT2D eigenvalue weighted by atomic mass is 16.5. The van der Waals surface area contributed by atoms with Crippen molar-refractivity contribution in [3.05, 3.63) is 64.7 Å². The van der Waals surface area contributed by atoms with Crippen LogP contribution in [0.1, 0.15) is 33.0 Å². The van der Waals surface area contributed by atoms with Gasteiger partial charge in [0.05, 0.1) is 12.2 Å². The number of hydrogen-bond donors (Lipinski definition) is 1. The maximum absolute atomic E-state index is 12.5. The molecule has 122 valence electrons. The molecule has 2 N–H and O–H groups in total. The molecule has 1 aliphatic carbocycles. The molecule has 2 aromatic rings. The van der Waals surface area contributed by atoms with Crippen molar-refractivity contribution in [2.75, 3.05) is 6.61 Å². The van der Waals surface area contributed by atoms with E-state index in [0.717, 1.165) is 28.9 Å². The van der Waals surface area contributed by atoms with E-state index in [4.69, 9.17) is 15.2 Å². The van der Waals surface area contributed by atoms with Crippen LogP contribution in [-0.4, -0.2) is 24.6 Å². The zero-order valence-electron chi connectivity index (χ0n) is 13.0. The molecule has 0 radical (unpaired) electrons. The van der Waals surface area contributed by atoms with Gasteiger partial charge < -0.3 is 15.2 Å². The molecule has 1 heterocycles. The largest absolute Gasteiger partial charge is 0.493 e. The molecule has 1 amide bonds. The fraction of sp³-hybridized carbons (Fsp3) is 0.263. The van der Waals surface area contributed by atoms with Crippen LogP contribution in [0, 0.1) is 0 Å². The van der Waals surface area contributed by atoms with Gasteiger partial charge in [-0.25, -0.2) is 4.79 Å². The van der Waals surface area contributed by atoms with Crippen LogP contribution in [0.15, 0.2) is 42.5 Å². The Morgan fingerprint density at radius 2 is 1.96 bits per heavy atom. The minimum atomic E-state index is -0.595. The van der Waals surface area contributed by atoms with Crippen LogP contribution in [0.3, 0.4) is 0 Å². The molecule has 0 saturated carbocycles. The summed E-state index contributed by atoms with van der Waals surface area (Å²) in [6, 6.07) is 12.8. The molecule has 0 saturated heterocycles. The van der Waals surface area contributed by atoms with Gasteiger partial charge in [-0.2, -0.15) is 0 Å². The summed E-state index contributed by atoms with van der Waals surface area (Å²) in [6.07, 6.45) is 0.732. The molecule has 2 unspecified atom stereocenters. The van der Waals surface area contributed by atoms with Gasteiger partial charge in [0.25, 0.3) is 0 Å². The Morgan fingerprint density at radius 1 is 1.12 bits per heavy atom. The summed E-state index contributed by atoms with van der Waals surface area (Å²) < 4.78 is 11.1. The maximum atomic E-state index is 12.5. The van der Waals surface area contributed by atoms with Crippen molar-refractivity contribution >= 4 is 11.9 Å². The number of amides is 1. The number of carbonyl (C=O) groups is 2. The van der Waals surface area contributed by atoms with Crippen molar-refractivity contribution in [3.8, 4) is 5.75 Å². The van der Waals surface area contributed by atoms with Crippen LogP contribution < -0.4 is 10.5 Å². The van der Waals surface area contributed by atoms with Crippen LogP contribution in [0.2, 0.25) is 0 Å². The number of primary amides is 1. The van der Waals surface area contributed by atoms with Gasteiger partial charge in [-0.15, -0.1) is 0 Å². The van der Waals surface area contributed by atoms with E-state index in [1.807, 2.05) is 24.3 Å². The summed E-state index contributed by atoms with van der Waals surface area (Å²) in [5, 5.41) is 0. The fourth-order valence-corrected chi connectivity index (χ4v) is 3.52. The van der Waals surface area contributed by atoms with Crippen molar-refractivity contribution in [1.29, 1.82) is 0 Å². The molecule has 0 aromatic heterocycles. The lowest BCUT2D eigenvalue weighted by molar-refractivity contribution is -0.121. The van der Waals surface area contributed by atoms with E-state index in [0.29, 0.717) is 18.6 Å². The Bertz CT molecular complexity index is 830. The van der Waals surface area contributed by atoms with Gasteiger partial charge in [-0.1, -0.05) is 24.3 Å². The highest BCUT2D eigenvalue weighted by molar-refractivity contribution is 5.91. The molecular formula is C19H17NO4. The van der Waals surface area contributed by atoms with E-state index >= 15 is 0 Å². The second-order valence-corrected chi connectivity index (χ2v) is 6.15. The number of carbonyl (C=O) groups excluding carboxylic acids is 2. The van der Waals surface area contributed by atoms with Crippen LogP contribution in [0.5, 0.6) is 5.75 Å². The monoisotopic (exact) mass is 323 g/mol. The average Bonchev–Trinajstić information content (AvgIpc) is 3.17. The number of nitrogens with two attached hydrogens (primary N) is 1. The first-order valence-corrected chi connectivity index (χ1v) is 7.97. The highest BCUT2D eigenvalue weighted by Crippen LogP contribution is 2.35. The van der Waals surface area contributed by atoms with Crippen molar-refractivity contribution < 1.29 is 19.1 Å². The molecule has 2 aliphatic rings. The third-order valence-electron chi connectivity index (χ3n) is 4.67. The lowest BCUT2D eigenvalue weighted by Gasteiger charge is -2.18. The number of fused-ring (bicyclic) bond motifs is 2. The quantitative estimate of drug-likeness (QED) is 0.876. The molecular weight excluding hydrogens is 306 g/mol. The maximum Gasteiger partial charge on any atom is 0.338 e. The SMILES string of the molecule is NC(=O)C1c2ccccc2CC1OC(=O)c1ccc2c(c1)CCO2. The van der Waals surface area contributed by atoms with Crippen LogP contribution in [0.25, 0.3) is 0 Å². The molecule has 1 aliphatic heterocycles. The molecule has 0 bridgehead atoms. The molecule has 0 fully saturated rings. The third kappa shape index (κ3) is 2.42. The smallest absolute Gasteiger partial charge is 0.338 e. The Balaban J connectivity index is 1.57. The van der Waals surface area contributed by atoms with Gasteiger partial charge in [0.15, 0.2) is 0 Å². The van der Waals surface area contributed by atoms with E-state index in [2.05, 4.69) is 0 Å². The Morgan fingerprint density at radius 3 is 2.79 bits per heavy atom. The first-order chi connectivity index (χ1) is 11.6. The van der Waals surface area contributed by atoms with E-state index in [1.54, 1.807) is 18.2 Å². The van der Waals surface area contributed by atoms with Crippen molar-refractivity contribution in [2.45, 2.75) is 24.9 Å². The Labute approximate surface area is 139 Å². The van der Waals surface area contributed by atoms with E-state index in [1.165, 1.54) is 0 Å². The number of ether oxygens (including phenoxy) is 2. The van der Waals surface area contributed by atoms with Gasteiger partial charge in [0, 0.05) is 12.8 Å². The van der Waals surface area contributed by atoms with E-state index in [9.17, 15) is 9.59 Å². The number of hydrogen-bond acceptors (Lipinski definition) is 4. The van der Waals surface area contributed by atoms with Gasteiger partial charge in [-0.3, -0.25) is 4.79 Å². The van der Waals surface area contributed by atoms with Crippen LogP contribution in [-0.2, 0) is 22.4 Å². The summed E-state index contributed by atoms with van der Waals surface area (Å²) in [4.78, 5) is 24.4. The fourth-order valence-electron chi connectivity index (χ4n) is 3.52. The summed E-state index contributed by atoms with van der Waals surface area (Å²) in [6.45, 7) is 0.634. The van der Waals surface area contributed by atoms with Crippen LogP contribution in [0.4, 0.5) is 0 Å². The Kier molecular flexibility index (Phi) is 3.49. The lowest BCUT2D eigenvalue weighted by Crippen LogP contribution is -2.32. The minimum Gasteiger partial charge on any atom is -0.493 e. The van der Waals surface area contributed by atoms with Gasteiger partial charge in [0.1, 0.15) is 17.8 Å². The number of esters is 1. The first kappa shape index (κ1) is 14.8. The van der Waals surface area contributed by atoms with Gasteiger partial charge in [-0.05, 0) is 34.9 Å². The topological polar surface area (TPSA) is 78.6 Å². The normalized spacial score (nSPS) is 20.8. The Hall–Kier alpha value is -2.82. The molecule has 5 heteroatoms. The van der Waals surface area contributed by atoms with Crippen molar-refractivity contribution in [2.24, 2.45) is 5.73 Å². The van der Waals surface area contributed by atoms with Crippen molar-refractivity contribution in [3.63, 3.8) is 0 Å². The molecule has 5 nitrogen and oxygen atoms in total. The lowest BCUT2D eigenvalue weighted by atomic mass is 9.99. The van der Waals surface area contributed by atoms with Crippen molar-refractivity contribution in [1.82, 2.24) is 0 Å². The molecule has 0 spiro atoms. The summed E-state index contributed by atoms with van der Waals surface area (Å²) in [5.74, 6) is -0.688. The second kappa shape index (κ2) is 5.67. The predicted molar refractivity (Wildman–Crippen MR) is 86.9 cm³/mol. The number of benzene rings is 2. The van der Waals surface area contributed by atoms with Crippen LogP contribution >= 0.6 is 0 Å². The standard InChI is InChI=1S/C19H17NO4/c20-18(21)17-14-4-2-1-3-11(14)10-16(17)24-19(22)13-5-6-15-12(9-13)7-8-23-15/h1-6,9,16-17H,7-8,10H2,(H2,20,21). The summed E-state index contributed by atoms with van der Waals surface area (Å²) in [5.41, 5.74) is 8.87. The summed E-state index contributed by atoms with van der Waals surface area (Å²) in [7, 11) is 0. The van der Waals surface area contributed by atoms with Gasteiger partial charge in [0.2, 0.25) is 5.91 Å². The zero-order chi connectivity index (χ0) is 16.7. The zero-order valence-corrected chi connectivity index (χ0v) is 13.0. The summed E-state index contributed by atoms with van der Waals surface area (Å²) >= 11 is 0. The van der Waals surface area contributed by atoms with E-state index < -0.39 is 23.9 Å². The molecule has 2 atom stereocenters. The van der Waals surface area contributed by atoms with Gasteiger partial charge >= 0.3 is 5.97 Å². The highest BCUT2D eigenvalue weighted by Gasteiger charge is 2.39. The average molecular weight is 323 g/mol. The molecule has 2 aromatic carbocycles. The second-order valence-electron chi connectivity index (χ2n) is 6.15. The number of rotatable bonds is 3. The first-order valence-electron chi connectivity index (χ1n) is 7.97. The predicted octanol–water partition coefficient (Wildman–Crippen LogP) is 1.97.